The van der Waals surface area contributed by atoms with Gasteiger partial charge in [0.15, 0.2) is 0 Å². The first-order valence-corrected chi connectivity index (χ1v) is 6.00. The standard InChI is InChI=1S/C10H14N2O2S.ClH/c11-10(7-3-1-2-4-7)8-5-6-9(15-8)12(13)14;/h5-7,10H,1-4,11H2;1H/t10-;/m1./s1. The highest BCUT2D eigenvalue weighted by atomic mass is 35.5. The average Bonchev–Trinajstić information content (AvgIpc) is 2.88. The van der Waals surface area contributed by atoms with Crippen molar-refractivity contribution in [3.63, 3.8) is 0 Å². The molecule has 1 heterocycles. The van der Waals surface area contributed by atoms with Gasteiger partial charge in [0.1, 0.15) is 0 Å². The van der Waals surface area contributed by atoms with Gasteiger partial charge in [0.05, 0.1) is 4.92 Å². The molecule has 0 unspecified atom stereocenters. The van der Waals surface area contributed by atoms with Crippen LogP contribution in [0.4, 0.5) is 5.00 Å². The number of nitro groups is 1. The second kappa shape index (κ2) is 5.61. The van der Waals surface area contributed by atoms with Crippen molar-refractivity contribution in [3.8, 4) is 0 Å². The first-order chi connectivity index (χ1) is 7.18. The summed E-state index contributed by atoms with van der Waals surface area (Å²) in [4.78, 5) is 11.1. The summed E-state index contributed by atoms with van der Waals surface area (Å²) in [5.74, 6) is 0.517. The molecule has 16 heavy (non-hydrogen) atoms. The largest absolute Gasteiger partial charge is 0.324 e. The molecule has 1 fully saturated rings. The molecular formula is C10H15ClN2O2S. The predicted octanol–water partition coefficient (Wildman–Crippen LogP) is 3.27. The van der Waals surface area contributed by atoms with Crippen LogP contribution < -0.4 is 5.73 Å². The molecular weight excluding hydrogens is 248 g/mol. The smallest absolute Gasteiger partial charge is 0.323 e. The zero-order valence-corrected chi connectivity index (χ0v) is 10.4. The fourth-order valence-corrected chi connectivity index (χ4v) is 3.09. The van der Waals surface area contributed by atoms with Crippen LogP contribution >= 0.6 is 23.7 Å². The van der Waals surface area contributed by atoms with Crippen molar-refractivity contribution >= 4 is 28.7 Å². The van der Waals surface area contributed by atoms with E-state index in [1.165, 1.54) is 24.2 Å². The molecule has 0 bridgehead atoms. The monoisotopic (exact) mass is 262 g/mol. The summed E-state index contributed by atoms with van der Waals surface area (Å²) in [6, 6.07) is 3.34. The molecule has 1 saturated carbocycles. The molecule has 1 aliphatic rings. The van der Waals surface area contributed by atoms with Crippen LogP contribution in [-0.2, 0) is 0 Å². The van der Waals surface area contributed by atoms with E-state index in [2.05, 4.69) is 0 Å². The summed E-state index contributed by atoms with van der Waals surface area (Å²) in [5.41, 5.74) is 6.10. The molecule has 1 aliphatic carbocycles. The van der Waals surface area contributed by atoms with Crippen LogP contribution in [0.15, 0.2) is 12.1 Å². The van der Waals surface area contributed by atoms with Crippen LogP contribution in [0.1, 0.15) is 36.6 Å². The highest BCUT2D eigenvalue weighted by Gasteiger charge is 2.25. The van der Waals surface area contributed by atoms with Gasteiger partial charge in [-0.1, -0.05) is 24.2 Å². The lowest BCUT2D eigenvalue weighted by Crippen LogP contribution is -2.17. The van der Waals surface area contributed by atoms with Crippen molar-refractivity contribution < 1.29 is 4.92 Å². The van der Waals surface area contributed by atoms with Crippen molar-refractivity contribution in [1.29, 1.82) is 0 Å². The van der Waals surface area contributed by atoms with Gasteiger partial charge in [-0.15, -0.1) is 12.4 Å². The molecule has 1 aromatic rings. The Hall–Kier alpha value is -0.650. The van der Waals surface area contributed by atoms with E-state index in [1.54, 1.807) is 12.1 Å². The van der Waals surface area contributed by atoms with Crippen LogP contribution in [0.25, 0.3) is 0 Å². The minimum absolute atomic E-state index is 0. The van der Waals surface area contributed by atoms with Crippen molar-refractivity contribution in [2.75, 3.05) is 0 Å². The summed E-state index contributed by atoms with van der Waals surface area (Å²) in [6.45, 7) is 0. The number of hydrogen-bond acceptors (Lipinski definition) is 4. The zero-order chi connectivity index (χ0) is 10.8. The Morgan fingerprint density at radius 2 is 2.06 bits per heavy atom. The van der Waals surface area contributed by atoms with E-state index in [-0.39, 0.29) is 28.4 Å². The maximum Gasteiger partial charge on any atom is 0.324 e. The van der Waals surface area contributed by atoms with Crippen LogP contribution in [-0.4, -0.2) is 4.92 Å². The second-order valence-corrected chi connectivity index (χ2v) is 5.10. The maximum absolute atomic E-state index is 10.5. The van der Waals surface area contributed by atoms with Gasteiger partial charge < -0.3 is 5.73 Å². The molecule has 0 saturated heterocycles. The Bertz CT molecular complexity index is 363. The minimum Gasteiger partial charge on any atom is -0.323 e. The Morgan fingerprint density at radius 1 is 1.44 bits per heavy atom. The second-order valence-electron chi connectivity index (χ2n) is 4.00. The van der Waals surface area contributed by atoms with E-state index in [0.29, 0.717) is 5.92 Å². The van der Waals surface area contributed by atoms with Crippen LogP contribution in [0.5, 0.6) is 0 Å². The Kier molecular flexibility index (Phi) is 4.70. The molecule has 1 aromatic heterocycles. The van der Waals surface area contributed by atoms with Gasteiger partial charge in [0, 0.05) is 17.0 Å². The predicted molar refractivity (Wildman–Crippen MR) is 67.1 cm³/mol. The first-order valence-electron chi connectivity index (χ1n) is 5.18. The zero-order valence-electron chi connectivity index (χ0n) is 8.80. The van der Waals surface area contributed by atoms with Gasteiger partial charge >= 0.3 is 5.00 Å². The summed E-state index contributed by atoms with van der Waals surface area (Å²) < 4.78 is 0. The van der Waals surface area contributed by atoms with Crippen LogP contribution in [0, 0.1) is 16.0 Å². The molecule has 6 heteroatoms. The summed E-state index contributed by atoms with van der Waals surface area (Å²) >= 11 is 1.21. The van der Waals surface area contributed by atoms with Crippen LogP contribution in [0.2, 0.25) is 0 Å². The molecule has 0 amide bonds. The van der Waals surface area contributed by atoms with Crippen molar-refractivity contribution in [1.82, 2.24) is 0 Å². The molecule has 1 atom stereocenters. The molecule has 0 aliphatic heterocycles. The van der Waals surface area contributed by atoms with Gasteiger partial charge in [-0.3, -0.25) is 10.1 Å². The van der Waals surface area contributed by atoms with Crippen molar-refractivity contribution in [2.24, 2.45) is 11.7 Å². The molecule has 2 rings (SSSR count). The lowest BCUT2D eigenvalue weighted by Gasteiger charge is -2.16. The molecule has 0 radical (unpaired) electrons. The lowest BCUT2D eigenvalue weighted by atomic mass is 9.98. The van der Waals surface area contributed by atoms with E-state index in [9.17, 15) is 10.1 Å². The molecule has 2 N–H and O–H groups in total. The number of nitrogens with zero attached hydrogens (tertiary/aromatic N) is 1. The number of halogens is 1. The van der Waals surface area contributed by atoms with Crippen molar-refractivity contribution in [3.05, 3.63) is 27.1 Å². The van der Waals surface area contributed by atoms with Gasteiger partial charge in [0.25, 0.3) is 0 Å². The molecule has 0 spiro atoms. The van der Waals surface area contributed by atoms with E-state index in [1.807, 2.05) is 0 Å². The summed E-state index contributed by atoms with van der Waals surface area (Å²) in [7, 11) is 0. The van der Waals surface area contributed by atoms with E-state index < -0.39 is 0 Å². The highest BCUT2D eigenvalue weighted by Crippen LogP contribution is 2.38. The van der Waals surface area contributed by atoms with Crippen molar-refractivity contribution in [2.45, 2.75) is 31.7 Å². The third kappa shape index (κ3) is 2.72. The normalized spacial score (nSPS) is 18.1. The van der Waals surface area contributed by atoms with Gasteiger partial charge in [0.2, 0.25) is 0 Å². The fraction of sp³-hybridized carbons (Fsp3) is 0.600. The SMILES string of the molecule is Cl.N[C@@H](c1ccc([N+](=O)[O-])s1)C1CCCC1. The van der Waals surface area contributed by atoms with E-state index in [0.717, 1.165) is 17.7 Å². The number of nitrogens with two attached hydrogens (primary N) is 1. The first kappa shape index (κ1) is 13.4. The molecule has 90 valence electrons. The number of thiophene rings is 1. The topological polar surface area (TPSA) is 69.2 Å². The Morgan fingerprint density at radius 3 is 2.56 bits per heavy atom. The quantitative estimate of drug-likeness (QED) is 0.671. The third-order valence-electron chi connectivity index (χ3n) is 3.03. The molecule has 0 aromatic carbocycles. The Labute approximate surface area is 104 Å². The van der Waals surface area contributed by atoms with Gasteiger partial charge in [-0.05, 0) is 24.8 Å². The number of hydrogen-bond donors (Lipinski definition) is 1. The van der Waals surface area contributed by atoms with E-state index in [4.69, 9.17) is 5.73 Å². The third-order valence-corrected chi connectivity index (χ3v) is 4.17. The number of rotatable bonds is 3. The summed E-state index contributed by atoms with van der Waals surface area (Å²) in [6.07, 6.45) is 4.80. The van der Waals surface area contributed by atoms with Crippen LogP contribution in [0.3, 0.4) is 0 Å². The van der Waals surface area contributed by atoms with E-state index >= 15 is 0 Å². The maximum atomic E-state index is 10.5. The molecule has 4 nitrogen and oxygen atoms in total. The minimum atomic E-state index is -0.352. The Balaban J connectivity index is 0.00000128. The summed E-state index contributed by atoms with van der Waals surface area (Å²) in [5, 5.41) is 10.7. The highest BCUT2D eigenvalue weighted by molar-refractivity contribution is 7.15. The average molecular weight is 263 g/mol. The fourth-order valence-electron chi connectivity index (χ4n) is 2.17. The van der Waals surface area contributed by atoms with Gasteiger partial charge in [-0.25, -0.2) is 0 Å². The van der Waals surface area contributed by atoms with Gasteiger partial charge in [-0.2, -0.15) is 0 Å². The lowest BCUT2D eigenvalue weighted by molar-refractivity contribution is -0.380.